The molecule has 2 aromatic rings. The van der Waals surface area contributed by atoms with Gasteiger partial charge < -0.3 is 0 Å². The Morgan fingerprint density at radius 3 is 2.40 bits per heavy atom. The number of hydrogen-bond donors (Lipinski definition) is 0. The topological polar surface area (TPSA) is 50.3 Å². The fourth-order valence-electron chi connectivity index (χ4n) is 1.62. The lowest BCUT2D eigenvalue weighted by Gasteiger charge is -2.19. The van der Waals surface area contributed by atoms with Crippen molar-refractivity contribution < 1.29 is 8.42 Å². The molecule has 0 spiro atoms. The molecule has 7 heteroatoms. The zero-order valence-corrected chi connectivity index (χ0v) is 14.0. The SMILES string of the molecule is Cc1ccc(S(=O)(=O)N(C)c2ncc(Cl)cc2Br)cc1. The summed E-state index contributed by atoms with van der Waals surface area (Å²) in [6.45, 7) is 1.90. The number of sulfonamides is 1. The van der Waals surface area contributed by atoms with Crippen LogP contribution in [-0.4, -0.2) is 20.4 Å². The summed E-state index contributed by atoms with van der Waals surface area (Å²) in [5.41, 5.74) is 0.998. The molecule has 20 heavy (non-hydrogen) atoms. The molecule has 0 saturated heterocycles. The number of anilines is 1. The van der Waals surface area contributed by atoms with Crippen LogP contribution in [0.1, 0.15) is 5.56 Å². The van der Waals surface area contributed by atoms with Crippen LogP contribution in [0.3, 0.4) is 0 Å². The highest BCUT2D eigenvalue weighted by Crippen LogP contribution is 2.29. The van der Waals surface area contributed by atoms with Crippen LogP contribution in [0.15, 0.2) is 45.9 Å². The molecule has 0 atom stereocenters. The zero-order valence-electron chi connectivity index (χ0n) is 10.8. The molecule has 0 aliphatic carbocycles. The van der Waals surface area contributed by atoms with Gasteiger partial charge >= 0.3 is 0 Å². The lowest BCUT2D eigenvalue weighted by Crippen LogP contribution is -2.27. The van der Waals surface area contributed by atoms with Crippen molar-refractivity contribution in [2.24, 2.45) is 0 Å². The molecule has 4 nitrogen and oxygen atoms in total. The average molecular weight is 376 g/mol. The van der Waals surface area contributed by atoms with Gasteiger partial charge in [-0.15, -0.1) is 0 Å². The number of halogens is 2. The lowest BCUT2D eigenvalue weighted by molar-refractivity contribution is 0.594. The van der Waals surface area contributed by atoms with Gasteiger partial charge in [-0.05, 0) is 41.1 Å². The third-order valence-electron chi connectivity index (χ3n) is 2.77. The van der Waals surface area contributed by atoms with E-state index in [-0.39, 0.29) is 10.7 Å². The van der Waals surface area contributed by atoms with E-state index in [4.69, 9.17) is 11.6 Å². The first-order valence-corrected chi connectivity index (χ1v) is 8.30. The first-order valence-electron chi connectivity index (χ1n) is 5.69. The minimum absolute atomic E-state index is 0.217. The van der Waals surface area contributed by atoms with Gasteiger partial charge in [-0.3, -0.25) is 4.31 Å². The summed E-state index contributed by atoms with van der Waals surface area (Å²) in [5, 5.41) is 0.432. The van der Waals surface area contributed by atoms with Gasteiger partial charge in [0.2, 0.25) is 0 Å². The van der Waals surface area contributed by atoms with Crippen molar-refractivity contribution in [3.8, 4) is 0 Å². The molecule has 0 fully saturated rings. The second-order valence-electron chi connectivity index (χ2n) is 4.24. The lowest BCUT2D eigenvalue weighted by atomic mass is 10.2. The van der Waals surface area contributed by atoms with Crippen LogP contribution < -0.4 is 4.31 Å². The Morgan fingerprint density at radius 2 is 1.85 bits per heavy atom. The predicted octanol–water partition coefficient (Wildman–Crippen LogP) is 3.63. The van der Waals surface area contributed by atoms with E-state index in [0.29, 0.717) is 9.50 Å². The van der Waals surface area contributed by atoms with Gasteiger partial charge in [0.05, 0.1) is 14.4 Å². The van der Waals surface area contributed by atoms with Gasteiger partial charge in [-0.2, -0.15) is 0 Å². The van der Waals surface area contributed by atoms with Gasteiger partial charge in [0.1, 0.15) is 0 Å². The number of aryl methyl sites for hydroxylation is 1. The monoisotopic (exact) mass is 374 g/mol. The summed E-state index contributed by atoms with van der Waals surface area (Å²) >= 11 is 9.08. The van der Waals surface area contributed by atoms with E-state index < -0.39 is 10.0 Å². The van der Waals surface area contributed by atoms with E-state index in [0.717, 1.165) is 9.87 Å². The second-order valence-corrected chi connectivity index (χ2v) is 7.50. The zero-order chi connectivity index (χ0) is 14.9. The van der Waals surface area contributed by atoms with Crippen LogP contribution in [0.25, 0.3) is 0 Å². The van der Waals surface area contributed by atoms with Crippen LogP contribution in [0.5, 0.6) is 0 Å². The number of rotatable bonds is 3. The molecule has 0 bridgehead atoms. The van der Waals surface area contributed by atoms with E-state index in [2.05, 4.69) is 20.9 Å². The Morgan fingerprint density at radius 1 is 1.25 bits per heavy atom. The fourth-order valence-corrected chi connectivity index (χ4v) is 3.81. The van der Waals surface area contributed by atoms with Gasteiger partial charge in [0, 0.05) is 13.2 Å². The Hall–Kier alpha value is -1.11. The first-order chi connectivity index (χ1) is 9.32. The summed E-state index contributed by atoms with van der Waals surface area (Å²) < 4.78 is 26.7. The van der Waals surface area contributed by atoms with E-state index >= 15 is 0 Å². The first kappa shape index (κ1) is 15.3. The third-order valence-corrected chi connectivity index (χ3v) is 5.32. The van der Waals surface area contributed by atoms with Crippen molar-refractivity contribution in [3.63, 3.8) is 0 Å². The predicted molar refractivity (Wildman–Crippen MR) is 83.7 cm³/mol. The summed E-state index contributed by atoms with van der Waals surface area (Å²) in [5.74, 6) is 0.287. The van der Waals surface area contributed by atoms with Crippen molar-refractivity contribution in [2.45, 2.75) is 11.8 Å². The highest BCUT2D eigenvalue weighted by Gasteiger charge is 2.23. The van der Waals surface area contributed by atoms with E-state index in [1.165, 1.54) is 13.2 Å². The molecular formula is C13H12BrClN2O2S. The van der Waals surface area contributed by atoms with Crippen molar-refractivity contribution in [1.82, 2.24) is 4.98 Å². The minimum Gasteiger partial charge on any atom is -0.252 e. The van der Waals surface area contributed by atoms with Crippen molar-refractivity contribution >= 4 is 43.4 Å². The number of nitrogens with zero attached hydrogens (tertiary/aromatic N) is 2. The van der Waals surface area contributed by atoms with Crippen LogP contribution in [0.4, 0.5) is 5.82 Å². The normalized spacial score (nSPS) is 11.4. The maximum Gasteiger partial charge on any atom is 0.265 e. The van der Waals surface area contributed by atoms with Gasteiger partial charge in [0.25, 0.3) is 10.0 Å². The molecule has 0 aliphatic heterocycles. The molecule has 1 heterocycles. The number of pyridine rings is 1. The second kappa shape index (κ2) is 5.71. The van der Waals surface area contributed by atoms with Gasteiger partial charge in [-0.25, -0.2) is 13.4 Å². The van der Waals surface area contributed by atoms with Crippen LogP contribution in [0, 0.1) is 6.92 Å². The van der Waals surface area contributed by atoms with E-state index in [9.17, 15) is 8.42 Å². The van der Waals surface area contributed by atoms with Crippen LogP contribution >= 0.6 is 27.5 Å². The smallest absolute Gasteiger partial charge is 0.252 e. The number of hydrogen-bond acceptors (Lipinski definition) is 3. The minimum atomic E-state index is -3.65. The summed E-state index contributed by atoms with van der Waals surface area (Å²) in [6.07, 6.45) is 1.41. The maximum absolute atomic E-state index is 12.5. The average Bonchev–Trinajstić information content (AvgIpc) is 2.38. The molecule has 0 amide bonds. The standard InChI is InChI=1S/C13H12BrClN2O2S/c1-9-3-5-11(6-4-9)20(18,19)17(2)13-12(14)7-10(15)8-16-13/h3-8H,1-2H3. The van der Waals surface area contributed by atoms with Crippen LogP contribution in [0.2, 0.25) is 5.02 Å². The molecule has 0 radical (unpaired) electrons. The Labute approximate surface area is 131 Å². The molecule has 0 aliphatic rings. The molecule has 2 rings (SSSR count). The highest BCUT2D eigenvalue weighted by atomic mass is 79.9. The van der Waals surface area contributed by atoms with Crippen molar-refractivity contribution in [3.05, 3.63) is 51.6 Å². The summed E-state index contributed by atoms with van der Waals surface area (Å²) in [4.78, 5) is 4.27. The molecule has 1 aromatic heterocycles. The summed E-state index contributed by atoms with van der Waals surface area (Å²) in [6, 6.07) is 8.26. The summed E-state index contributed by atoms with van der Waals surface area (Å²) in [7, 11) is -2.19. The number of aromatic nitrogens is 1. The highest BCUT2D eigenvalue weighted by molar-refractivity contribution is 9.10. The van der Waals surface area contributed by atoms with Crippen LogP contribution in [-0.2, 0) is 10.0 Å². The van der Waals surface area contributed by atoms with Gasteiger partial charge in [-0.1, -0.05) is 29.3 Å². The Balaban J connectivity index is 2.45. The number of benzene rings is 1. The van der Waals surface area contributed by atoms with Crippen molar-refractivity contribution in [1.29, 1.82) is 0 Å². The molecule has 106 valence electrons. The van der Waals surface area contributed by atoms with Gasteiger partial charge in [0.15, 0.2) is 5.82 Å². The Bertz CT molecular complexity index is 733. The van der Waals surface area contributed by atoms with E-state index in [1.807, 2.05) is 6.92 Å². The maximum atomic E-state index is 12.5. The third kappa shape index (κ3) is 2.97. The Kier molecular flexibility index (Phi) is 4.36. The molecule has 1 aromatic carbocycles. The molecular weight excluding hydrogens is 364 g/mol. The largest absolute Gasteiger partial charge is 0.265 e. The van der Waals surface area contributed by atoms with Crippen molar-refractivity contribution in [2.75, 3.05) is 11.4 Å². The van der Waals surface area contributed by atoms with E-state index in [1.54, 1.807) is 30.3 Å². The molecule has 0 unspecified atom stereocenters. The molecule has 0 saturated carbocycles. The fraction of sp³-hybridized carbons (Fsp3) is 0.154. The molecule has 0 N–H and O–H groups in total. The quantitative estimate of drug-likeness (QED) is 0.823.